The van der Waals surface area contributed by atoms with Gasteiger partial charge in [0, 0.05) is 20.0 Å². The molecule has 1 aromatic carbocycles. The lowest BCUT2D eigenvalue weighted by Gasteiger charge is -2.35. The van der Waals surface area contributed by atoms with Crippen LogP contribution in [0.3, 0.4) is 0 Å². The number of hydrogen-bond donors (Lipinski definition) is 1. The fourth-order valence-corrected chi connectivity index (χ4v) is 5.30. The predicted molar refractivity (Wildman–Crippen MR) is 97.4 cm³/mol. The summed E-state index contributed by atoms with van der Waals surface area (Å²) in [5, 5.41) is 10.1. The Bertz CT molecular complexity index is 895. The predicted octanol–water partition coefficient (Wildman–Crippen LogP) is 1.96. The van der Waals surface area contributed by atoms with Crippen LogP contribution in [0.4, 0.5) is 5.13 Å². The molecular weight excluding hydrogens is 376 g/mol. The molecule has 3 rings (SSSR count). The van der Waals surface area contributed by atoms with E-state index in [0.29, 0.717) is 0 Å². The van der Waals surface area contributed by atoms with Gasteiger partial charge in [-0.05, 0) is 19.4 Å². The first-order chi connectivity index (χ1) is 12.3. The highest BCUT2D eigenvalue weighted by atomic mass is 32.2. The smallest absolute Gasteiger partial charge is 0.272 e. The molecule has 10 heteroatoms. The summed E-state index contributed by atoms with van der Waals surface area (Å²) in [7, 11) is -3.81. The van der Waals surface area contributed by atoms with E-state index in [1.807, 2.05) is 38.1 Å². The third-order valence-corrected chi connectivity index (χ3v) is 6.94. The lowest BCUT2D eigenvalue weighted by molar-refractivity contribution is -0.114. The van der Waals surface area contributed by atoms with Gasteiger partial charge in [-0.25, -0.2) is 8.42 Å². The Kier molecular flexibility index (Phi) is 5.37. The quantitative estimate of drug-likeness (QED) is 0.793. The Labute approximate surface area is 156 Å². The number of anilines is 1. The van der Waals surface area contributed by atoms with Crippen molar-refractivity contribution >= 4 is 32.4 Å². The molecule has 1 fully saturated rings. The molecule has 2 aromatic rings. The van der Waals surface area contributed by atoms with Gasteiger partial charge in [0.15, 0.2) is 0 Å². The van der Waals surface area contributed by atoms with Gasteiger partial charge >= 0.3 is 0 Å². The van der Waals surface area contributed by atoms with Gasteiger partial charge in [-0.1, -0.05) is 41.2 Å². The maximum atomic E-state index is 12.9. The van der Waals surface area contributed by atoms with E-state index in [1.54, 1.807) is 0 Å². The second-order valence-electron chi connectivity index (χ2n) is 6.22. The van der Waals surface area contributed by atoms with Crippen LogP contribution in [0, 0.1) is 6.92 Å². The molecule has 2 atom stereocenters. The maximum Gasteiger partial charge on any atom is 0.272 e. The van der Waals surface area contributed by atoms with Crippen LogP contribution < -0.4 is 5.32 Å². The molecule has 1 aromatic heterocycles. The van der Waals surface area contributed by atoms with Crippen molar-refractivity contribution in [2.45, 2.75) is 37.3 Å². The van der Waals surface area contributed by atoms with E-state index in [4.69, 9.17) is 4.74 Å². The summed E-state index contributed by atoms with van der Waals surface area (Å²) in [4.78, 5) is 11.1. The molecule has 8 nitrogen and oxygen atoms in total. The van der Waals surface area contributed by atoms with Crippen molar-refractivity contribution in [2.24, 2.45) is 0 Å². The molecule has 0 spiro atoms. The van der Waals surface area contributed by atoms with Crippen LogP contribution >= 0.6 is 11.3 Å². The number of sulfonamides is 1. The highest BCUT2D eigenvalue weighted by Gasteiger charge is 2.36. The average molecular weight is 396 g/mol. The maximum absolute atomic E-state index is 12.9. The van der Waals surface area contributed by atoms with Crippen LogP contribution in [0.25, 0.3) is 0 Å². The molecule has 0 saturated carbocycles. The molecule has 0 bridgehead atoms. The van der Waals surface area contributed by atoms with Gasteiger partial charge in [0.1, 0.15) is 0 Å². The summed E-state index contributed by atoms with van der Waals surface area (Å²) >= 11 is 0.837. The van der Waals surface area contributed by atoms with Gasteiger partial charge in [0.05, 0.1) is 12.2 Å². The molecule has 0 radical (unpaired) electrons. The molecule has 0 aliphatic carbocycles. The number of rotatable bonds is 4. The molecule has 26 heavy (non-hydrogen) atoms. The Morgan fingerprint density at radius 1 is 1.27 bits per heavy atom. The third-order valence-electron chi connectivity index (χ3n) is 3.93. The summed E-state index contributed by atoms with van der Waals surface area (Å²) < 4.78 is 33.0. The Morgan fingerprint density at radius 2 is 1.96 bits per heavy atom. The molecule has 1 N–H and O–H groups in total. The van der Waals surface area contributed by atoms with Gasteiger partial charge in [-0.2, -0.15) is 4.31 Å². The highest BCUT2D eigenvalue weighted by molar-refractivity contribution is 7.91. The van der Waals surface area contributed by atoms with Gasteiger partial charge in [-0.15, -0.1) is 10.2 Å². The zero-order valence-corrected chi connectivity index (χ0v) is 16.3. The molecule has 2 heterocycles. The monoisotopic (exact) mass is 396 g/mol. The minimum Gasteiger partial charge on any atom is -0.368 e. The first-order valence-corrected chi connectivity index (χ1v) is 10.3. The van der Waals surface area contributed by atoms with E-state index >= 15 is 0 Å². The van der Waals surface area contributed by atoms with Crippen molar-refractivity contribution < 1.29 is 17.9 Å². The number of morpholine rings is 1. The van der Waals surface area contributed by atoms with Crippen molar-refractivity contribution in [2.75, 3.05) is 18.4 Å². The van der Waals surface area contributed by atoms with Crippen LogP contribution in [0.2, 0.25) is 0 Å². The molecule has 1 aliphatic heterocycles. The number of hydrogen-bond acceptors (Lipinski definition) is 7. The molecule has 140 valence electrons. The molecule has 1 amide bonds. The molecule has 1 saturated heterocycles. The second kappa shape index (κ2) is 7.39. The summed E-state index contributed by atoms with van der Waals surface area (Å²) in [6.45, 7) is 5.59. The molecular formula is C16H20N4O4S2. The minimum absolute atomic E-state index is 0.141. The van der Waals surface area contributed by atoms with Crippen LogP contribution in [-0.4, -0.2) is 48.0 Å². The lowest BCUT2D eigenvalue weighted by Crippen LogP contribution is -2.45. The topological polar surface area (TPSA) is 101 Å². The average Bonchev–Trinajstić information content (AvgIpc) is 3.03. The van der Waals surface area contributed by atoms with E-state index in [9.17, 15) is 13.2 Å². The van der Waals surface area contributed by atoms with Crippen LogP contribution in [0.1, 0.15) is 31.1 Å². The second-order valence-corrected chi connectivity index (χ2v) is 9.31. The number of carbonyl (C=O) groups excluding carboxylic acids is 1. The standard InChI is InChI=1S/C16H20N4O4S2/c1-10-4-6-13(7-5-10)14-9-20(8-11(2)24-14)26(22,23)16-19-18-15(25-16)17-12(3)21/h4-7,11,14H,8-9H2,1-3H3,(H,17,18,21). The number of aromatic nitrogens is 2. The van der Waals surface area contributed by atoms with Crippen molar-refractivity contribution in [1.29, 1.82) is 0 Å². The van der Waals surface area contributed by atoms with Gasteiger partial charge in [-0.3, -0.25) is 4.79 Å². The van der Waals surface area contributed by atoms with E-state index in [-0.39, 0.29) is 40.7 Å². The summed E-state index contributed by atoms with van der Waals surface area (Å²) in [5.74, 6) is -0.329. The number of nitrogens with zero attached hydrogens (tertiary/aromatic N) is 3. The van der Waals surface area contributed by atoms with Crippen LogP contribution in [0.5, 0.6) is 0 Å². The number of ether oxygens (including phenoxy) is 1. The first-order valence-electron chi connectivity index (χ1n) is 8.09. The van der Waals surface area contributed by atoms with Crippen LogP contribution in [-0.2, 0) is 19.6 Å². The van der Waals surface area contributed by atoms with Crippen molar-refractivity contribution in [3.8, 4) is 0 Å². The van der Waals surface area contributed by atoms with E-state index in [1.165, 1.54) is 11.2 Å². The number of aryl methyl sites for hydroxylation is 1. The van der Waals surface area contributed by atoms with Crippen molar-refractivity contribution in [3.63, 3.8) is 0 Å². The number of amides is 1. The third kappa shape index (κ3) is 4.09. The van der Waals surface area contributed by atoms with Gasteiger partial charge in [0.25, 0.3) is 10.0 Å². The lowest BCUT2D eigenvalue weighted by atomic mass is 10.1. The fourth-order valence-electron chi connectivity index (χ4n) is 2.70. The van der Waals surface area contributed by atoms with Gasteiger partial charge in [0.2, 0.25) is 15.4 Å². The Hall–Kier alpha value is -1.88. The number of benzene rings is 1. The normalized spacial score (nSPS) is 21.5. The summed E-state index contributed by atoms with van der Waals surface area (Å²) in [5.41, 5.74) is 2.06. The molecule has 1 aliphatic rings. The first kappa shape index (κ1) is 18.9. The fraction of sp³-hybridized carbons (Fsp3) is 0.438. The number of carbonyl (C=O) groups is 1. The largest absolute Gasteiger partial charge is 0.368 e. The number of nitrogens with one attached hydrogen (secondary N) is 1. The van der Waals surface area contributed by atoms with E-state index in [2.05, 4.69) is 15.5 Å². The molecule has 2 unspecified atom stereocenters. The summed E-state index contributed by atoms with van der Waals surface area (Å²) in [6.07, 6.45) is -0.607. The Balaban J connectivity index is 1.83. The van der Waals surface area contributed by atoms with E-state index < -0.39 is 10.0 Å². The van der Waals surface area contributed by atoms with Gasteiger partial charge < -0.3 is 10.1 Å². The van der Waals surface area contributed by atoms with E-state index in [0.717, 1.165) is 22.5 Å². The Morgan fingerprint density at radius 3 is 2.62 bits per heavy atom. The van der Waals surface area contributed by atoms with Crippen molar-refractivity contribution in [3.05, 3.63) is 35.4 Å². The minimum atomic E-state index is -3.81. The van der Waals surface area contributed by atoms with Crippen molar-refractivity contribution in [1.82, 2.24) is 14.5 Å². The zero-order chi connectivity index (χ0) is 18.9. The van der Waals surface area contributed by atoms with Crippen LogP contribution in [0.15, 0.2) is 28.6 Å². The highest BCUT2D eigenvalue weighted by Crippen LogP contribution is 2.30. The zero-order valence-electron chi connectivity index (χ0n) is 14.7. The summed E-state index contributed by atoms with van der Waals surface area (Å²) in [6, 6.07) is 7.84. The SMILES string of the molecule is CC(=O)Nc1nnc(S(=O)(=O)N2CC(C)OC(c3ccc(C)cc3)C2)s1.